The van der Waals surface area contributed by atoms with Crippen LogP contribution < -0.4 is 14.2 Å². The number of esters is 1. The van der Waals surface area contributed by atoms with E-state index in [0.717, 1.165) is 30.7 Å². The number of H-pyrrole nitrogens is 1. The molecule has 2 aromatic carbocycles. The average Bonchev–Trinajstić information content (AvgIpc) is 3.20. The third-order valence-corrected chi connectivity index (χ3v) is 5.95. The number of fused-ring (bicyclic) bond motifs is 3. The molecule has 8 heteroatoms. The van der Waals surface area contributed by atoms with E-state index in [4.69, 9.17) is 18.9 Å². The third kappa shape index (κ3) is 4.23. The molecular formula is C24H29ClN2O5. The second kappa shape index (κ2) is 10.1. The predicted octanol–water partition coefficient (Wildman–Crippen LogP) is 4.39. The highest BCUT2D eigenvalue weighted by atomic mass is 35.5. The highest BCUT2D eigenvalue weighted by Gasteiger charge is 2.31. The lowest BCUT2D eigenvalue weighted by Crippen LogP contribution is -2.38. The van der Waals surface area contributed by atoms with Gasteiger partial charge in [-0.25, -0.2) is 4.79 Å². The summed E-state index contributed by atoms with van der Waals surface area (Å²) >= 11 is 0. The van der Waals surface area contributed by atoms with Gasteiger partial charge in [0.25, 0.3) is 0 Å². The van der Waals surface area contributed by atoms with E-state index in [9.17, 15) is 4.79 Å². The van der Waals surface area contributed by atoms with Crippen LogP contribution in [0, 0.1) is 0 Å². The number of rotatable bonds is 7. The number of hydrogen-bond donors (Lipinski definition) is 1. The first-order valence-corrected chi connectivity index (χ1v) is 10.4. The van der Waals surface area contributed by atoms with Gasteiger partial charge in [-0.15, -0.1) is 12.4 Å². The summed E-state index contributed by atoms with van der Waals surface area (Å²) in [6, 6.07) is 11.5. The Morgan fingerprint density at radius 3 is 2.41 bits per heavy atom. The molecule has 1 N–H and O–H groups in total. The number of aromatic amines is 1. The van der Waals surface area contributed by atoms with Crippen LogP contribution in [0.3, 0.4) is 0 Å². The zero-order valence-electron chi connectivity index (χ0n) is 18.8. The van der Waals surface area contributed by atoms with Gasteiger partial charge in [-0.2, -0.15) is 0 Å². The van der Waals surface area contributed by atoms with Crippen molar-refractivity contribution in [3.63, 3.8) is 0 Å². The lowest BCUT2D eigenvalue weighted by atomic mass is 9.97. The molecule has 0 amide bonds. The van der Waals surface area contributed by atoms with Gasteiger partial charge >= 0.3 is 5.97 Å². The Hall–Kier alpha value is -2.90. The summed E-state index contributed by atoms with van der Waals surface area (Å²) in [7, 11) is 4.56. The number of carbonyl (C=O) groups is 1. The van der Waals surface area contributed by atoms with E-state index < -0.39 is 5.97 Å². The predicted molar refractivity (Wildman–Crippen MR) is 126 cm³/mol. The second-order valence-electron chi connectivity index (χ2n) is 7.47. The zero-order chi connectivity index (χ0) is 22.0. The number of halogens is 1. The van der Waals surface area contributed by atoms with Crippen LogP contribution in [0.25, 0.3) is 10.9 Å². The van der Waals surface area contributed by atoms with Crippen LogP contribution in [-0.2, 0) is 11.2 Å². The number of methoxy groups -OCH3 is 3. The molecule has 32 heavy (non-hydrogen) atoms. The summed E-state index contributed by atoms with van der Waals surface area (Å²) in [5.74, 6) is 0.839. The van der Waals surface area contributed by atoms with Crippen molar-refractivity contribution in [2.75, 3.05) is 41.0 Å². The summed E-state index contributed by atoms with van der Waals surface area (Å²) in [6.45, 7) is 4.18. The molecule has 0 spiro atoms. The van der Waals surface area contributed by atoms with Crippen molar-refractivity contribution < 1.29 is 23.7 Å². The number of benzene rings is 2. The Balaban J connectivity index is 0.00000289. The van der Waals surface area contributed by atoms with Gasteiger partial charge < -0.3 is 23.9 Å². The second-order valence-corrected chi connectivity index (χ2v) is 7.47. The number of carbonyl (C=O) groups excluding carboxylic acids is 1. The van der Waals surface area contributed by atoms with Crippen LogP contribution in [-0.4, -0.2) is 56.9 Å². The van der Waals surface area contributed by atoms with E-state index >= 15 is 0 Å². The normalized spacial score (nSPS) is 15.6. The molecule has 0 saturated heterocycles. The highest BCUT2D eigenvalue weighted by molar-refractivity contribution is 5.91. The van der Waals surface area contributed by atoms with E-state index in [1.54, 1.807) is 12.1 Å². The van der Waals surface area contributed by atoms with Gasteiger partial charge in [-0.3, -0.25) is 4.90 Å². The first-order valence-electron chi connectivity index (χ1n) is 10.4. The summed E-state index contributed by atoms with van der Waals surface area (Å²) < 4.78 is 21.8. The van der Waals surface area contributed by atoms with Crippen molar-refractivity contribution in [3.05, 3.63) is 53.2 Å². The van der Waals surface area contributed by atoms with Gasteiger partial charge in [0.05, 0.1) is 32.9 Å². The molecule has 0 bridgehead atoms. The van der Waals surface area contributed by atoms with Gasteiger partial charge in [-0.05, 0) is 36.7 Å². The molecule has 0 saturated carbocycles. The monoisotopic (exact) mass is 460 g/mol. The maximum absolute atomic E-state index is 12.9. The molecule has 0 fully saturated rings. The molecular weight excluding hydrogens is 432 g/mol. The Morgan fingerprint density at radius 1 is 1.09 bits per heavy atom. The number of nitrogens with one attached hydrogen (secondary N) is 1. The smallest absolute Gasteiger partial charge is 0.338 e. The van der Waals surface area contributed by atoms with Gasteiger partial charge in [-0.1, -0.05) is 25.1 Å². The van der Waals surface area contributed by atoms with Crippen LogP contribution in [0.2, 0.25) is 0 Å². The number of nitrogens with zero attached hydrogens (tertiary/aromatic N) is 1. The number of aromatic nitrogens is 1. The van der Waals surface area contributed by atoms with Crippen LogP contribution in [0.15, 0.2) is 36.4 Å². The van der Waals surface area contributed by atoms with Crippen molar-refractivity contribution in [2.45, 2.75) is 19.4 Å². The van der Waals surface area contributed by atoms with E-state index in [2.05, 4.69) is 35.0 Å². The van der Waals surface area contributed by atoms with Gasteiger partial charge in [0.1, 0.15) is 6.61 Å². The Kier molecular flexibility index (Phi) is 7.53. The summed E-state index contributed by atoms with van der Waals surface area (Å²) in [6.07, 6.45) is 0.977. The fourth-order valence-corrected chi connectivity index (χ4v) is 4.37. The molecule has 1 atom stereocenters. The standard InChI is InChI=1S/C24H28N2O5.ClH/c1-5-26-11-10-17-16-8-6-7-9-18(16)25-22(17)19(26)14-31-24(27)15-12-20(28-2)23(30-4)21(13-15)29-3;/h6-9,12-13,19,25H,5,10-11,14H2,1-4H3;1H. The number of para-hydroxylation sites is 1. The molecule has 0 radical (unpaired) electrons. The van der Waals surface area contributed by atoms with Crippen molar-refractivity contribution in [2.24, 2.45) is 0 Å². The minimum Gasteiger partial charge on any atom is -0.493 e. The van der Waals surface area contributed by atoms with Crippen LogP contribution >= 0.6 is 12.4 Å². The van der Waals surface area contributed by atoms with Gasteiger partial charge in [0.15, 0.2) is 11.5 Å². The van der Waals surface area contributed by atoms with Crippen LogP contribution in [0.5, 0.6) is 17.2 Å². The summed E-state index contributed by atoms with van der Waals surface area (Å²) in [4.78, 5) is 18.8. The maximum Gasteiger partial charge on any atom is 0.338 e. The molecule has 1 aromatic heterocycles. The molecule has 1 aliphatic rings. The first-order chi connectivity index (χ1) is 15.1. The van der Waals surface area contributed by atoms with E-state index in [-0.39, 0.29) is 25.1 Å². The fraction of sp³-hybridized carbons (Fsp3) is 0.375. The molecule has 1 aliphatic heterocycles. The van der Waals surface area contributed by atoms with Crippen molar-refractivity contribution in [1.29, 1.82) is 0 Å². The number of ether oxygens (including phenoxy) is 4. The molecule has 4 rings (SSSR count). The van der Waals surface area contributed by atoms with Gasteiger partial charge in [0.2, 0.25) is 5.75 Å². The van der Waals surface area contributed by atoms with Crippen molar-refractivity contribution in [1.82, 2.24) is 9.88 Å². The number of hydrogen-bond acceptors (Lipinski definition) is 6. The molecule has 0 aliphatic carbocycles. The molecule has 172 valence electrons. The minimum atomic E-state index is -0.432. The fourth-order valence-electron chi connectivity index (χ4n) is 4.37. The molecule has 2 heterocycles. The average molecular weight is 461 g/mol. The SMILES string of the molecule is CCN1CCc2c([nH]c3ccccc23)C1COC(=O)c1cc(OC)c(OC)c(OC)c1.Cl. The molecule has 3 aromatic rings. The molecule has 7 nitrogen and oxygen atoms in total. The van der Waals surface area contributed by atoms with Crippen LogP contribution in [0.1, 0.15) is 34.6 Å². The van der Waals surface area contributed by atoms with E-state index in [1.165, 1.54) is 32.3 Å². The molecule has 1 unspecified atom stereocenters. The number of likely N-dealkylation sites (N-methyl/N-ethyl adjacent to an activating group) is 1. The zero-order valence-corrected chi connectivity index (χ0v) is 19.6. The highest BCUT2D eigenvalue weighted by Crippen LogP contribution is 2.39. The quantitative estimate of drug-likeness (QED) is 0.527. The maximum atomic E-state index is 12.9. The lowest BCUT2D eigenvalue weighted by Gasteiger charge is -2.34. The van der Waals surface area contributed by atoms with Crippen LogP contribution in [0.4, 0.5) is 0 Å². The van der Waals surface area contributed by atoms with E-state index in [1.807, 2.05) is 6.07 Å². The Morgan fingerprint density at radius 2 is 1.78 bits per heavy atom. The van der Waals surface area contributed by atoms with Crippen molar-refractivity contribution in [3.8, 4) is 17.2 Å². The lowest BCUT2D eigenvalue weighted by molar-refractivity contribution is 0.0331. The summed E-state index contributed by atoms with van der Waals surface area (Å²) in [5.41, 5.74) is 3.91. The third-order valence-electron chi connectivity index (χ3n) is 5.95. The Labute approximate surface area is 194 Å². The Bertz CT molecular complexity index is 1070. The van der Waals surface area contributed by atoms with Crippen molar-refractivity contribution >= 4 is 29.3 Å². The van der Waals surface area contributed by atoms with E-state index in [0.29, 0.717) is 22.8 Å². The largest absolute Gasteiger partial charge is 0.493 e. The summed E-state index contributed by atoms with van der Waals surface area (Å²) in [5, 5.41) is 1.24. The topological polar surface area (TPSA) is 73.0 Å². The minimum absolute atomic E-state index is 0. The van der Waals surface area contributed by atoms with Gasteiger partial charge in [0, 0.05) is 23.1 Å². The first kappa shape index (κ1) is 23.8.